The third-order valence-electron chi connectivity index (χ3n) is 2.38. The molecule has 0 saturated heterocycles. The summed E-state index contributed by atoms with van der Waals surface area (Å²) in [7, 11) is 1.96. The van der Waals surface area contributed by atoms with Crippen LogP contribution in [0.3, 0.4) is 0 Å². The fourth-order valence-electron chi connectivity index (χ4n) is 1.55. The van der Waals surface area contributed by atoms with Gasteiger partial charge in [0.2, 0.25) is 0 Å². The zero-order valence-electron chi connectivity index (χ0n) is 11.4. The number of oxime groups is 2. The third kappa shape index (κ3) is 8.86. The molecule has 0 aromatic carbocycles. The quantitative estimate of drug-likeness (QED) is 0.219. The summed E-state index contributed by atoms with van der Waals surface area (Å²) in [5.41, 5.74) is 0.681. The van der Waals surface area contributed by atoms with Gasteiger partial charge in [-0.3, -0.25) is 0 Å². The van der Waals surface area contributed by atoms with Gasteiger partial charge in [-0.25, -0.2) is 0 Å². The number of hydrogen-bond acceptors (Lipinski definition) is 8. The van der Waals surface area contributed by atoms with Crippen molar-refractivity contribution in [3.8, 4) is 0 Å². The van der Waals surface area contributed by atoms with E-state index in [1.807, 2.05) is 0 Å². The first-order valence-electron chi connectivity index (χ1n) is 5.34. The van der Waals surface area contributed by atoms with Gasteiger partial charge in [0.15, 0.2) is 0 Å². The first-order valence-corrected chi connectivity index (χ1v) is 5.34. The molecule has 1 aliphatic carbocycles. The molecule has 0 aromatic rings. The van der Waals surface area contributed by atoms with E-state index in [0.717, 1.165) is 0 Å². The first-order chi connectivity index (χ1) is 8.49. The number of hydrogen-bond donors (Lipinski definition) is 4. The maximum absolute atomic E-state index is 8.66. The molecule has 119 valence electrons. The van der Waals surface area contributed by atoms with Crippen LogP contribution in [0.2, 0.25) is 6.82 Å². The Bertz CT molecular complexity index is 279. The molecule has 8 nitrogen and oxygen atoms in total. The van der Waals surface area contributed by atoms with Crippen LogP contribution in [0.1, 0.15) is 12.8 Å². The minimum atomic E-state index is -1.17. The minimum absolute atomic E-state index is 0. The summed E-state index contributed by atoms with van der Waals surface area (Å²) < 4.78 is 10.3. The van der Waals surface area contributed by atoms with Crippen LogP contribution in [0, 0.1) is 0 Å². The largest absolute Gasteiger partial charge is 1.00 e. The Labute approximate surface area is 137 Å². The Balaban J connectivity index is -0.000000429. The molecule has 0 amide bonds. The van der Waals surface area contributed by atoms with Crippen molar-refractivity contribution in [1.82, 2.24) is 0 Å². The molecular weight excluding hydrogens is 377 g/mol. The van der Waals surface area contributed by atoms with E-state index in [4.69, 9.17) is 29.9 Å². The molecule has 2 atom stereocenters. The summed E-state index contributed by atoms with van der Waals surface area (Å²) in [5, 5.41) is 38.7. The van der Waals surface area contributed by atoms with Crippen LogP contribution >= 0.6 is 0 Å². The van der Waals surface area contributed by atoms with Gasteiger partial charge in [-0.05, 0) is 6.82 Å². The molecule has 4 N–H and O–H groups in total. The molecule has 0 aliphatic heterocycles. The first kappa shape index (κ1) is 24.8. The summed E-state index contributed by atoms with van der Waals surface area (Å²) in [6.45, 7) is 1.28. The summed E-state index contributed by atoms with van der Waals surface area (Å²) in [4.78, 5) is 0. The molecule has 0 aromatic heterocycles. The van der Waals surface area contributed by atoms with Gasteiger partial charge in [-0.2, -0.15) is 0 Å². The van der Waals surface area contributed by atoms with E-state index in [2.05, 4.69) is 10.3 Å². The molecule has 11 heteroatoms. The third-order valence-corrected chi connectivity index (χ3v) is 2.38. The van der Waals surface area contributed by atoms with Crippen LogP contribution < -0.4 is 12.4 Å². The second kappa shape index (κ2) is 13.8. The fraction of sp³-hybridized carbons (Fsp3) is 0.778. The number of methoxy groups -OCH3 is 2. The molecular formula is C9H19BClN2O6Tc-. The van der Waals surface area contributed by atoms with Crippen molar-refractivity contribution in [2.75, 3.05) is 14.2 Å². The van der Waals surface area contributed by atoms with E-state index >= 15 is 0 Å². The Kier molecular flexibility index (Phi) is 17.0. The maximum Gasteiger partial charge on any atom is 0.448 e. The van der Waals surface area contributed by atoms with Gasteiger partial charge < -0.3 is 42.3 Å². The Morgan fingerprint density at radius 1 is 1.00 bits per heavy atom. The monoisotopic (exact) mass is 396 g/mol. The van der Waals surface area contributed by atoms with Gasteiger partial charge >= 0.3 is 7.12 Å². The van der Waals surface area contributed by atoms with Gasteiger partial charge in [0, 0.05) is 47.2 Å². The molecule has 0 bridgehead atoms. The molecule has 1 saturated carbocycles. The van der Waals surface area contributed by atoms with Gasteiger partial charge in [0.25, 0.3) is 0 Å². The predicted octanol–water partition coefficient (Wildman–Crippen LogP) is -3.44. The molecule has 1 aliphatic rings. The van der Waals surface area contributed by atoms with Gasteiger partial charge in [0.1, 0.15) is 11.4 Å². The van der Waals surface area contributed by atoms with E-state index < -0.39 is 7.12 Å². The van der Waals surface area contributed by atoms with E-state index in [1.165, 1.54) is 6.82 Å². The summed E-state index contributed by atoms with van der Waals surface area (Å²) in [5.74, 6) is 0. The summed E-state index contributed by atoms with van der Waals surface area (Å²) in [6, 6.07) is 0. The number of halogens is 1. The molecule has 1 radical (unpaired) electrons. The summed E-state index contributed by atoms with van der Waals surface area (Å²) >= 11 is 0. The van der Waals surface area contributed by atoms with Crippen molar-refractivity contribution in [2.24, 2.45) is 10.3 Å². The number of rotatable bonds is 2. The normalized spacial score (nSPS) is 25.1. The second-order valence-electron chi connectivity index (χ2n) is 3.68. The van der Waals surface area contributed by atoms with Crippen LogP contribution in [0.4, 0.5) is 0 Å². The van der Waals surface area contributed by atoms with E-state index in [-0.39, 0.29) is 44.7 Å². The van der Waals surface area contributed by atoms with Crippen LogP contribution in [0.25, 0.3) is 0 Å². The van der Waals surface area contributed by atoms with Crippen molar-refractivity contribution in [3.05, 3.63) is 0 Å². The van der Waals surface area contributed by atoms with Crippen molar-refractivity contribution in [2.45, 2.75) is 31.9 Å². The Morgan fingerprint density at radius 2 is 1.25 bits per heavy atom. The Hall–Kier alpha value is -0.216. The second-order valence-corrected chi connectivity index (χ2v) is 3.68. The standard InChI is InChI=1S/C8H14N2O4.CH5BO2.ClH.Tc/c1-13-7-3-5(9-11)6(10-12)4-8(7)14-2;1-2(3)4;;/h7-8,11-12H,3-4H2,1-2H3;3-4H,1H3;1H;/p-1/b9-5+,10-6+;;;/i;;;1+1. The van der Waals surface area contributed by atoms with Crippen molar-refractivity contribution in [1.29, 1.82) is 0 Å². The van der Waals surface area contributed by atoms with Crippen LogP contribution in [-0.4, -0.2) is 65.4 Å². The van der Waals surface area contributed by atoms with E-state index in [1.54, 1.807) is 14.2 Å². The van der Waals surface area contributed by atoms with Gasteiger partial charge in [-0.15, -0.1) is 0 Å². The van der Waals surface area contributed by atoms with Crippen LogP contribution in [0.5, 0.6) is 0 Å². The Morgan fingerprint density at radius 3 is 1.40 bits per heavy atom. The maximum atomic E-state index is 8.66. The van der Waals surface area contributed by atoms with Gasteiger partial charge in [0.05, 0.1) is 12.2 Å². The molecule has 0 spiro atoms. The topological polar surface area (TPSA) is 124 Å². The minimum Gasteiger partial charge on any atom is -1.00 e. The smallest absolute Gasteiger partial charge is 0.448 e. The molecule has 0 heterocycles. The van der Waals surface area contributed by atoms with Crippen molar-refractivity contribution >= 4 is 18.5 Å². The van der Waals surface area contributed by atoms with E-state index in [0.29, 0.717) is 24.3 Å². The van der Waals surface area contributed by atoms with Crippen molar-refractivity contribution < 1.29 is 62.4 Å². The predicted molar refractivity (Wildman–Crippen MR) is 65.3 cm³/mol. The zero-order valence-corrected chi connectivity index (χ0v) is 14.0. The zero-order chi connectivity index (χ0) is 14.1. The van der Waals surface area contributed by atoms with Crippen LogP contribution in [0.15, 0.2) is 10.3 Å². The van der Waals surface area contributed by atoms with Gasteiger partial charge in [-0.1, -0.05) is 10.3 Å². The molecule has 20 heavy (non-hydrogen) atoms. The fourth-order valence-corrected chi connectivity index (χ4v) is 1.55. The summed E-state index contributed by atoms with van der Waals surface area (Å²) in [6.07, 6.45) is 0.420. The molecule has 1 fully saturated rings. The van der Waals surface area contributed by atoms with E-state index in [9.17, 15) is 0 Å². The molecule has 1 rings (SSSR count). The average molecular weight is 396 g/mol. The number of nitrogens with zero attached hydrogens (tertiary/aromatic N) is 2. The van der Waals surface area contributed by atoms with Crippen LogP contribution in [-0.2, 0) is 29.6 Å². The number of ether oxygens (including phenoxy) is 2. The van der Waals surface area contributed by atoms with Crippen molar-refractivity contribution in [3.63, 3.8) is 0 Å². The SMILES string of the molecule is CB(O)O.COC1CC(=N\O)/C(=N/O)CC1OC.[99Tc].[Cl-]. The average Bonchev–Trinajstić information content (AvgIpc) is 2.36. The molecule has 2 unspecified atom stereocenters.